The topological polar surface area (TPSA) is 20.2 Å². The second-order valence-corrected chi connectivity index (χ2v) is 5.57. The predicted octanol–water partition coefficient (Wildman–Crippen LogP) is 4.37. The third-order valence-electron chi connectivity index (χ3n) is 3.01. The molecule has 0 spiro atoms. The Bertz CT molecular complexity index is 360. The minimum absolute atomic E-state index is 0.0794. The van der Waals surface area contributed by atoms with Crippen molar-refractivity contribution in [3.63, 3.8) is 0 Å². The first-order valence-electron chi connectivity index (χ1n) is 6.35. The first-order valence-corrected chi connectivity index (χ1v) is 6.35. The normalized spacial score (nSPS) is 13.4. The highest BCUT2D eigenvalue weighted by atomic mass is 16.3. The molecule has 0 radical (unpaired) electrons. The molecule has 0 aliphatic carbocycles. The van der Waals surface area contributed by atoms with Crippen LogP contribution in [0.1, 0.15) is 57.3 Å². The molecule has 1 unspecified atom stereocenters. The van der Waals surface area contributed by atoms with Gasteiger partial charge in [-0.1, -0.05) is 51.1 Å². The van der Waals surface area contributed by atoms with Crippen LogP contribution in [0.25, 0.3) is 0 Å². The summed E-state index contributed by atoms with van der Waals surface area (Å²) < 4.78 is 0. The Labute approximate surface area is 105 Å². The van der Waals surface area contributed by atoms with E-state index in [9.17, 15) is 5.11 Å². The van der Waals surface area contributed by atoms with Crippen molar-refractivity contribution in [1.29, 1.82) is 0 Å². The lowest BCUT2D eigenvalue weighted by Crippen LogP contribution is -2.16. The molecule has 1 aromatic rings. The van der Waals surface area contributed by atoms with Crippen LogP contribution in [0.3, 0.4) is 0 Å². The first kappa shape index (κ1) is 14.0. The maximum atomic E-state index is 10.3. The van der Waals surface area contributed by atoms with E-state index < -0.39 is 0 Å². The summed E-state index contributed by atoms with van der Waals surface area (Å²) in [5.41, 5.74) is 2.39. The molecule has 1 N–H and O–H groups in total. The fourth-order valence-electron chi connectivity index (χ4n) is 2.08. The average Bonchev–Trinajstić information content (AvgIpc) is 2.28. The summed E-state index contributed by atoms with van der Waals surface area (Å²) >= 11 is 0. The first-order chi connectivity index (χ1) is 7.96. The Morgan fingerprint density at radius 3 is 2.53 bits per heavy atom. The van der Waals surface area contributed by atoms with E-state index in [1.54, 1.807) is 0 Å². The van der Waals surface area contributed by atoms with Crippen LogP contribution in [-0.4, -0.2) is 5.11 Å². The highest BCUT2D eigenvalue weighted by Gasteiger charge is 2.20. The van der Waals surface area contributed by atoms with E-state index in [2.05, 4.69) is 33.4 Å². The SMILES string of the molecule is C=CCCCC(O)c1ccccc1C(C)(C)C. The second kappa shape index (κ2) is 6.02. The summed E-state index contributed by atoms with van der Waals surface area (Å²) in [5, 5.41) is 10.3. The standard InChI is InChI=1S/C16H24O/c1-5-6-7-12-15(17)13-10-8-9-11-14(13)16(2,3)4/h5,8-11,15,17H,1,6-7,12H2,2-4H3. The lowest BCUT2D eigenvalue weighted by Gasteiger charge is -2.25. The van der Waals surface area contributed by atoms with Crippen molar-refractivity contribution in [1.82, 2.24) is 0 Å². The number of hydrogen-bond donors (Lipinski definition) is 1. The molecule has 0 aliphatic rings. The summed E-state index contributed by atoms with van der Waals surface area (Å²) in [7, 11) is 0. The van der Waals surface area contributed by atoms with Crippen LogP contribution in [0, 0.1) is 0 Å². The van der Waals surface area contributed by atoms with Gasteiger partial charge in [0.25, 0.3) is 0 Å². The molecule has 1 atom stereocenters. The van der Waals surface area contributed by atoms with E-state index in [-0.39, 0.29) is 11.5 Å². The Balaban J connectivity index is 2.85. The molecule has 1 nitrogen and oxygen atoms in total. The number of aliphatic hydroxyl groups excluding tert-OH is 1. The van der Waals surface area contributed by atoms with Crippen LogP contribution in [-0.2, 0) is 5.41 Å². The minimum atomic E-state index is -0.356. The Morgan fingerprint density at radius 1 is 1.29 bits per heavy atom. The molecule has 0 fully saturated rings. The molecule has 0 aromatic heterocycles. The summed E-state index contributed by atoms with van der Waals surface area (Å²) in [6, 6.07) is 8.20. The molecule has 1 rings (SSSR count). The highest BCUT2D eigenvalue weighted by Crippen LogP contribution is 2.31. The van der Waals surface area contributed by atoms with Gasteiger partial charge in [0.1, 0.15) is 0 Å². The zero-order valence-corrected chi connectivity index (χ0v) is 11.2. The predicted molar refractivity (Wildman–Crippen MR) is 74.1 cm³/mol. The van der Waals surface area contributed by atoms with Crippen molar-refractivity contribution in [3.8, 4) is 0 Å². The molecule has 0 heterocycles. The number of aliphatic hydroxyl groups is 1. The molecular weight excluding hydrogens is 208 g/mol. The van der Waals surface area contributed by atoms with Crippen molar-refractivity contribution in [2.45, 2.75) is 51.6 Å². The lowest BCUT2D eigenvalue weighted by atomic mass is 9.81. The van der Waals surface area contributed by atoms with Crippen LogP contribution >= 0.6 is 0 Å². The molecular formula is C16H24O. The van der Waals surface area contributed by atoms with Gasteiger partial charge in [0.05, 0.1) is 6.10 Å². The fourth-order valence-corrected chi connectivity index (χ4v) is 2.08. The van der Waals surface area contributed by atoms with Gasteiger partial charge in [0, 0.05) is 0 Å². The van der Waals surface area contributed by atoms with E-state index in [1.165, 1.54) is 5.56 Å². The minimum Gasteiger partial charge on any atom is -0.388 e. The molecule has 1 aromatic carbocycles. The quantitative estimate of drug-likeness (QED) is 0.590. The molecule has 0 aliphatic heterocycles. The number of allylic oxidation sites excluding steroid dienone is 1. The van der Waals surface area contributed by atoms with Gasteiger partial charge in [-0.2, -0.15) is 0 Å². The fraction of sp³-hybridized carbons (Fsp3) is 0.500. The van der Waals surface area contributed by atoms with Gasteiger partial charge in [-0.25, -0.2) is 0 Å². The number of unbranched alkanes of at least 4 members (excludes halogenated alkanes) is 1. The third kappa shape index (κ3) is 4.01. The lowest BCUT2D eigenvalue weighted by molar-refractivity contribution is 0.162. The van der Waals surface area contributed by atoms with Crippen molar-refractivity contribution in [2.24, 2.45) is 0 Å². The maximum Gasteiger partial charge on any atom is 0.0793 e. The third-order valence-corrected chi connectivity index (χ3v) is 3.01. The van der Waals surface area contributed by atoms with Gasteiger partial charge in [-0.15, -0.1) is 6.58 Å². The van der Waals surface area contributed by atoms with E-state index in [0.29, 0.717) is 0 Å². The Hall–Kier alpha value is -1.08. The highest BCUT2D eigenvalue weighted by molar-refractivity contribution is 5.34. The maximum absolute atomic E-state index is 10.3. The van der Waals surface area contributed by atoms with Crippen molar-refractivity contribution in [3.05, 3.63) is 48.0 Å². The number of hydrogen-bond acceptors (Lipinski definition) is 1. The van der Waals surface area contributed by atoms with Crippen LogP contribution < -0.4 is 0 Å². The largest absolute Gasteiger partial charge is 0.388 e. The molecule has 0 amide bonds. The van der Waals surface area contributed by atoms with Gasteiger partial charge in [-0.05, 0) is 35.8 Å². The van der Waals surface area contributed by atoms with Crippen LogP contribution in [0.5, 0.6) is 0 Å². The zero-order chi connectivity index (χ0) is 12.9. The molecule has 0 saturated carbocycles. The zero-order valence-electron chi connectivity index (χ0n) is 11.2. The van der Waals surface area contributed by atoms with E-state index >= 15 is 0 Å². The smallest absolute Gasteiger partial charge is 0.0793 e. The van der Waals surface area contributed by atoms with Crippen molar-refractivity contribution >= 4 is 0 Å². The molecule has 0 saturated heterocycles. The average molecular weight is 232 g/mol. The van der Waals surface area contributed by atoms with Crippen LogP contribution in [0.15, 0.2) is 36.9 Å². The van der Waals surface area contributed by atoms with Crippen molar-refractivity contribution < 1.29 is 5.11 Å². The molecule has 1 heteroatoms. The Kier molecular flexibility index (Phi) is 4.95. The summed E-state index contributed by atoms with van der Waals surface area (Å²) in [6.07, 6.45) is 4.31. The molecule has 17 heavy (non-hydrogen) atoms. The van der Waals surface area contributed by atoms with Gasteiger partial charge in [0.15, 0.2) is 0 Å². The van der Waals surface area contributed by atoms with Gasteiger partial charge < -0.3 is 5.11 Å². The van der Waals surface area contributed by atoms with Crippen molar-refractivity contribution in [2.75, 3.05) is 0 Å². The summed E-state index contributed by atoms with van der Waals surface area (Å²) in [5.74, 6) is 0. The number of rotatable bonds is 5. The van der Waals surface area contributed by atoms with E-state index in [1.807, 2.05) is 24.3 Å². The Morgan fingerprint density at radius 2 is 1.94 bits per heavy atom. The number of benzene rings is 1. The van der Waals surface area contributed by atoms with Crippen LogP contribution in [0.4, 0.5) is 0 Å². The van der Waals surface area contributed by atoms with Gasteiger partial charge in [-0.3, -0.25) is 0 Å². The van der Waals surface area contributed by atoms with Gasteiger partial charge in [0.2, 0.25) is 0 Å². The van der Waals surface area contributed by atoms with E-state index in [4.69, 9.17) is 0 Å². The second-order valence-electron chi connectivity index (χ2n) is 5.57. The summed E-state index contributed by atoms with van der Waals surface area (Å²) in [4.78, 5) is 0. The van der Waals surface area contributed by atoms with Crippen LogP contribution in [0.2, 0.25) is 0 Å². The van der Waals surface area contributed by atoms with E-state index in [0.717, 1.165) is 24.8 Å². The molecule has 94 valence electrons. The monoisotopic (exact) mass is 232 g/mol. The van der Waals surface area contributed by atoms with Gasteiger partial charge >= 0.3 is 0 Å². The summed E-state index contributed by atoms with van der Waals surface area (Å²) in [6.45, 7) is 10.3. The molecule has 0 bridgehead atoms.